The second-order valence-corrected chi connectivity index (χ2v) is 4.26. The Labute approximate surface area is 109 Å². The molecule has 0 spiro atoms. The number of rotatable bonds is 3. The largest absolute Gasteiger partial charge is 0.478 e. The molecule has 0 unspecified atom stereocenters. The van der Waals surface area contributed by atoms with Crippen LogP contribution in [0.5, 0.6) is 0 Å². The van der Waals surface area contributed by atoms with E-state index in [0.717, 1.165) is 17.4 Å². The molecule has 0 atom stereocenters. The number of anilines is 1. The summed E-state index contributed by atoms with van der Waals surface area (Å²) in [5.74, 6) is -1.64. The number of hydrogen-bond donors (Lipinski definition) is 2. The average molecular weight is 259 g/mol. The van der Waals surface area contributed by atoms with Crippen LogP contribution in [0.2, 0.25) is 0 Å². The van der Waals surface area contributed by atoms with Gasteiger partial charge in [-0.2, -0.15) is 0 Å². The normalized spacial score (nSPS) is 10.2. The van der Waals surface area contributed by atoms with Gasteiger partial charge in [0, 0.05) is 11.8 Å². The Balaban J connectivity index is 2.15. The minimum atomic E-state index is -1.13. The summed E-state index contributed by atoms with van der Waals surface area (Å²) in [6, 6.07) is 6.71. The molecule has 1 heterocycles. The van der Waals surface area contributed by atoms with Gasteiger partial charge in [-0.15, -0.1) is 0 Å². The van der Waals surface area contributed by atoms with Crippen molar-refractivity contribution in [3.8, 4) is 0 Å². The van der Waals surface area contributed by atoms with Crippen molar-refractivity contribution < 1.29 is 19.1 Å². The fourth-order valence-corrected chi connectivity index (χ4v) is 1.58. The van der Waals surface area contributed by atoms with Crippen molar-refractivity contribution >= 4 is 17.6 Å². The van der Waals surface area contributed by atoms with Crippen LogP contribution in [0.1, 0.15) is 32.0 Å². The first kappa shape index (κ1) is 12.9. The summed E-state index contributed by atoms with van der Waals surface area (Å²) in [6.07, 6.45) is 1.04. The number of benzene rings is 1. The zero-order chi connectivity index (χ0) is 14.0. The van der Waals surface area contributed by atoms with Gasteiger partial charge in [0.25, 0.3) is 5.91 Å². The van der Waals surface area contributed by atoms with Crippen molar-refractivity contribution in [2.75, 3.05) is 5.32 Å². The maximum Gasteiger partial charge on any atom is 0.338 e. The summed E-state index contributed by atoms with van der Waals surface area (Å²) in [7, 11) is 0. The minimum absolute atomic E-state index is 0.0318. The third-order valence-electron chi connectivity index (χ3n) is 2.83. The van der Waals surface area contributed by atoms with Gasteiger partial charge in [0.2, 0.25) is 0 Å². The van der Waals surface area contributed by atoms with Crippen molar-refractivity contribution in [1.82, 2.24) is 0 Å². The number of amides is 1. The zero-order valence-electron chi connectivity index (χ0n) is 10.6. The van der Waals surface area contributed by atoms with Gasteiger partial charge in [0.05, 0.1) is 5.56 Å². The quantitative estimate of drug-likeness (QED) is 0.888. The van der Waals surface area contributed by atoms with E-state index in [4.69, 9.17) is 9.52 Å². The van der Waals surface area contributed by atoms with Crippen molar-refractivity contribution in [2.24, 2.45) is 0 Å². The minimum Gasteiger partial charge on any atom is -0.478 e. The van der Waals surface area contributed by atoms with E-state index in [-0.39, 0.29) is 11.3 Å². The lowest BCUT2D eigenvalue weighted by Crippen LogP contribution is -2.11. The van der Waals surface area contributed by atoms with Crippen molar-refractivity contribution in [3.63, 3.8) is 0 Å². The first-order chi connectivity index (χ1) is 8.97. The monoisotopic (exact) mass is 259 g/mol. The van der Waals surface area contributed by atoms with E-state index in [2.05, 4.69) is 5.32 Å². The van der Waals surface area contributed by atoms with E-state index in [9.17, 15) is 9.59 Å². The number of furan rings is 1. The van der Waals surface area contributed by atoms with Crippen molar-refractivity contribution in [3.05, 3.63) is 53.0 Å². The average Bonchev–Trinajstić information content (AvgIpc) is 2.83. The molecule has 0 aliphatic carbocycles. The fourth-order valence-electron chi connectivity index (χ4n) is 1.58. The number of carboxylic acids is 1. The molecule has 19 heavy (non-hydrogen) atoms. The number of carbonyl (C=O) groups is 2. The highest BCUT2D eigenvalue weighted by atomic mass is 16.4. The van der Waals surface area contributed by atoms with E-state index in [1.807, 2.05) is 26.0 Å². The summed E-state index contributed by atoms with van der Waals surface area (Å²) in [5, 5.41) is 11.4. The lowest BCUT2D eigenvalue weighted by atomic mass is 10.1. The van der Waals surface area contributed by atoms with Gasteiger partial charge in [-0.3, -0.25) is 4.79 Å². The van der Waals surface area contributed by atoms with Crippen LogP contribution in [-0.4, -0.2) is 17.0 Å². The number of carbonyl (C=O) groups excluding carboxylic acids is 1. The molecule has 2 rings (SSSR count). The summed E-state index contributed by atoms with van der Waals surface area (Å²) < 4.78 is 4.92. The predicted molar refractivity (Wildman–Crippen MR) is 69.5 cm³/mol. The van der Waals surface area contributed by atoms with Crippen molar-refractivity contribution in [2.45, 2.75) is 13.8 Å². The van der Waals surface area contributed by atoms with Gasteiger partial charge < -0.3 is 14.8 Å². The SMILES string of the molecule is Cc1ccc(NC(=O)c2cc(C(=O)O)co2)cc1C. The molecule has 0 saturated carbocycles. The molecular weight excluding hydrogens is 246 g/mol. The Hall–Kier alpha value is -2.56. The number of hydrogen-bond acceptors (Lipinski definition) is 3. The Morgan fingerprint density at radius 2 is 1.89 bits per heavy atom. The maximum atomic E-state index is 11.8. The molecule has 1 aromatic heterocycles. The molecule has 0 saturated heterocycles. The number of carboxylic acid groups (broad SMARTS) is 1. The predicted octanol–water partition coefficient (Wildman–Crippen LogP) is 2.85. The second-order valence-electron chi connectivity index (χ2n) is 4.26. The first-order valence-corrected chi connectivity index (χ1v) is 5.68. The van der Waals surface area contributed by atoms with Gasteiger partial charge in [-0.25, -0.2) is 4.79 Å². The molecule has 1 aromatic carbocycles. The van der Waals surface area contributed by atoms with Crippen LogP contribution in [0.3, 0.4) is 0 Å². The molecule has 98 valence electrons. The standard InChI is InChI=1S/C14H13NO4/c1-8-3-4-11(5-9(8)2)15-13(16)12-6-10(7-19-12)14(17)18/h3-7H,1-2H3,(H,15,16)(H,17,18). The van der Waals surface area contributed by atoms with Crippen LogP contribution in [0.15, 0.2) is 34.9 Å². The van der Waals surface area contributed by atoms with Gasteiger partial charge in [0.1, 0.15) is 6.26 Å². The molecular formula is C14H13NO4. The number of aryl methyl sites for hydroxylation is 2. The molecule has 2 N–H and O–H groups in total. The summed E-state index contributed by atoms with van der Waals surface area (Å²) in [4.78, 5) is 22.5. The smallest absolute Gasteiger partial charge is 0.338 e. The maximum absolute atomic E-state index is 11.8. The molecule has 0 aliphatic heterocycles. The molecule has 5 heteroatoms. The Kier molecular flexibility index (Phi) is 3.37. The lowest BCUT2D eigenvalue weighted by molar-refractivity contribution is 0.0696. The number of aromatic carboxylic acids is 1. The van der Waals surface area contributed by atoms with Gasteiger partial charge in [-0.05, 0) is 37.1 Å². The molecule has 0 radical (unpaired) electrons. The Morgan fingerprint density at radius 3 is 2.47 bits per heavy atom. The van der Waals surface area contributed by atoms with E-state index >= 15 is 0 Å². The van der Waals surface area contributed by atoms with E-state index in [0.29, 0.717) is 5.69 Å². The van der Waals surface area contributed by atoms with E-state index < -0.39 is 11.9 Å². The van der Waals surface area contributed by atoms with Gasteiger partial charge >= 0.3 is 5.97 Å². The van der Waals surface area contributed by atoms with E-state index in [1.54, 1.807) is 6.07 Å². The summed E-state index contributed by atoms with van der Waals surface area (Å²) >= 11 is 0. The van der Waals surface area contributed by atoms with E-state index in [1.165, 1.54) is 6.07 Å². The van der Waals surface area contributed by atoms with Gasteiger partial charge in [0.15, 0.2) is 5.76 Å². The van der Waals surface area contributed by atoms with Crippen molar-refractivity contribution in [1.29, 1.82) is 0 Å². The summed E-state index contributed by atoms with van der Waals surface area (Å²) in [6.45, 7) is 3.92. The first-order valence-electron chi connectivity index (χ1n) is 5.68. The topological polar surface area (TPSA) is 79.5 Å². The highest BCUT2D eigenvalue weighted by Crippen LogP contribution is 2.16. The lowest BCUT2D eigenvalue weighted by Gasteiger charge is -2.06. The Morgan fingerprint density at radius 1 is 1.16 bits per heavy atom. The zero-order valence-corrected chi connectivity index (χ0v) is 10.6. The van der Waals surface area contributed by atoms with Crippen LogP contribution >= 0.6 is 0 Å². The molecule has 0 bridgehead atoms. The third-order valence-corrected chi connectivity index (χ3v) is 2.83. The van der Waals surface area contributed by atoms with Gasteiger partial charge in [-0.1, -0.05) is 6.07 Å². The highest BCUT2D eigenvalue weighted by Gasteiger charge is 2.14. The second kappa shape index (κ2) is 4.97. The Bertz CT molecular complexity index is 643. The summed E-state index contributed by atoms with van der Waals surface area (Å²) in [5.41, 5.74) is 2.78. The molecule has 0 fully saturated rings. The third kappa shape index (κ3) is 2.82. The fraction of sp³-hybridized carbons (Fsp3) is 0.143. The number of nitrogens with one attached hydrogen (secondary N) is 1. The molecule has 1 amide bonds. The van der Waals surface area contributed by atoms with Crippen LogP contribution < -0.4 is 5.32 Å². The van der Waals surface area contributed by atoms with Crippen LogP contribution in [0, 0.1) is 13.8 Å². The molecule has 2 aromatic rings. The molecule has 0 aliphatic rings. The highest BCUT2D eigenvalue weighted by molar-refractivity contribution is 6.03. The van der Waals surface area contributed by atoms with Crippen LogP contribution in [0.25, 0.3) is 0 Å². The van der Waals surface area contributed by atoms with Crippen LogP contribution in [0.4, 0.5) is 5.69 Å². The molecule has 5 nitrogen and oxygen atoms in total. The van der Waals surface area contributed by atoms with Crippen LogP contribution in [-0.2, 0) is 0 Å².